The Morgan fingerprint density at radius 2 is 1.94 bits per heavy atom. The predicted octanol–water partition coefficient (Wildman–Crippen LogP) is 3.31. The van der Waals surface area contributed by atoms with Crippen LogP contribution in [-0.4, -0.2) is 12.1 Å². The van der Waals surface area contributed by atoms with Crippen LogP contribution in [0.25, 0.3) is 0 Å². The highest BCUT2D eigenvalue weighted by Crippen LogP contribution is 2.30. The largest absolute Gasteiger partial charge is 0.298 e. The third kappa shape index (κ3) is 2.44. The minimum atomic E-state index is -2.77. The van der Waals surface area contributed by atoms with Crippen LogP contribution in [0.5, 0.6) is 0 Å². The van der Waals surface area contributed by atoms with Gasteiger partial charge in [0.2, 0.25) is 0 Å². The molecule has 5 heteroatoms. The van der Waals surface area contributed by atoms with Crippen molar-refractivity contribution in [3.05, 3.63) is 34.9 Å². The lowest BCUT2D eigenvalue weighted by molar-refractivity contribution is -0.116. The predicted molar refractivity (Wildman–Crippen MR) is 56.1 cm³/mol. The molecule has 0 bridgehead atoms. The maximum atomic E-state index is 12.6. The molecule has 0 saturated carbocycles. The monoisotopic (exact) mass is 246 g/mol. The van der Waals surface area contributed by atoms with Crippen LogP contribution in [0.2, 0.25) is 0 Å². The van der Waals surface area contributed by atoms with Gasteiger partial charge in [0.25, 0.3) is 6.43 Å². The number of hydrogen-bond acceptors (Lipinski definition) is 2. The Morgan fingerprint density at radius 3 is 2.38 bits per heavy atom. The maximum absolute atomic E-state index is 12.6. The molecule has 0 saturated heterocycles. The van der Waals surface area contributed by atoms with Gasteiger partial charge in [-0.05, 0) is 12.5 Å². The Balaban J connectivity index is 3.34. The fourth-order valence-corrected chi connectivity index (χ4v) is 1.56. The fraction of sp³-hybridized carbons (Fsp3) is 0.273. The summed E-state index contributed by atoms with van der Waals surface area (Å²) < 4.78 is 25.1. The number of halogens is 3. The van der Waals surface area contributed by atoms with Crippen molar-refractivity contribution in [2.24, 2.45) is 0 Å². The molecule has 0 radical (unpaired) electrons. The second-order valence-electron chi connectivity index (χ2n) is 3.24. The van der Waals surface area contributed by atoms with Crippen molar-refractivity contribution >= 4 is 23.7 Å². The molecular formula is C11H9ClF2O2. The van der Waals surface area contributed by atoms with E-state index < -0.39 is 23.1 Å². The van der Waals surface area contributed by atoms with Gasteiger partial charge < -0.3 is 0 Å². The van der Waals surface area contributed by atoms with Crippen LogP contribution in [-0.2, 0) is 4.79 Å². The van der Waals surface area contributed by atoms with Gasteiger partial charge in [-0.2, -0.15) is 0 Å². The molecule has 0 N–H and O–H groups in total. The summed E-state index contributed by atoms with van der Waals surface area (Å²) in [6, 6.07) is 3.89. The Kier molecular flexibility index (Phi) is 4.12. The first-order valence-corrected chi connectivity index (χ1v) is 4.93. The van der Waals surface area contributed by atoms with Crippen LogP contribution in [0, 0.1) is 0 Å². The molecule has 0 aromatic heterocycles. The van der Waals surface area contributed by atoms with Crippen LogP contribution in [0.4, 0.5) is 8.78 Å². The minimum absolute atomic E-state index is 0.127. The number of rotatable bonds is 4. The average Bonchev–Trinajstić information content (AvgIpc) is 2.26. The van der Waals surface area contributed by atoms with Crippen LogP contribution >= 0.6 is 11.6 Å². The first kappa shape index (κ1) is 12.8. The number of aldehydes is 1. The van der Waals surface area contributed by atoms with Crippen LogP contribution < -0.4 is 0 Å². The molecule has 1 unspecified atom stereocenters. The molecule has 1 aromatic carbocycles. The second kappa shape index (κ2) is 5.16. The molecule has 0 fully saturated rings. The summed E-state index contributed by atoms with van der Waals surface area (Å²) in [4.78, 5) is 21.8. The van der Waals surface area contributed by atoms with Crippen molar-refractivity contribution < 1.29 is 18.4 Å². The SMILES string of the molecule is CC(=O)C(Cl)c1cccc(C(F)F)c1C=O. The van der Waals surface area contributed by atoms with Gasteiger partial charge in [-0.1, -0.05) is 18.2 Å². The van der Waals surface area contributed by atoms with Crippen molar-refractivity contribution in [2.75, 3.05) is 0 Å². The molecule has 0 aliphatic rings. The minimum Gasteiger partial charge on any atom is -0.298 e. The van der Waals surface area contributed by atoms with Crippen LogP contribution in [0.1, 0.15) is 40.2 Å². The van der Waals surface area contributed by atoms with Gasteiger partial charge in [0.1, 0.15) is 5.38 Å². The lowest BCUT2D eigenvalue weighted by Crippen LogP contribution is -2.07. The highest BCUT2D eigenvalue weighted by atomic mass is 35.5. The molecule has 1 rings (SSSR count). The van der Waals surface area contributed by atoms with E-state index in [9.17, 15) is 18.4 Å². The van der Waals surface area contributed by atoms with Gasteiger partial charge in [0, 0.05) is 11.1 Å². The van der Waals surface area contributed by atoms with E-state index in [0.717, 1.165) is 6.07 Å². The van der Waals surface area contributed by atoms with Crippen molar-refractivity contribution in [1.82, 2.24) is 0 Å². The van der Waals surface area contributed by atoms with E-state index in [1.807, 2.05) is 0 Å². The summed E-state index contributed by atoms with van der Waals surface area (Å²) in [5.41, 5.74) is -0.478. The lowest BCUT2D eigenvalue weighted by Gasteiger charge is -2.12. The normalized spacial score (nSPS) is 12.6. The standard InChI is InChI=1S/C11H9ClF2O2/c1-6(16)10(12)7-3-2-4-8(11(13)14)9(7)5-15/h2-5,10-11H,1H3. The average molecular weight is 247 g/mol. The molecule has 0 aliphatic heterocycles. The van der Waals surface area contributed by atoms with E-state index in [1.54, 1.807) is 0 Å². The number of benzene rings is 1. The van der Waals surface area contributed by atoms with Gasteiger partial charge in [-0.3, -0.25) is 9.59 Å². The highest BCUT2D eigenvalue weighted by Gasteiger charge is 2.21. The third-order valence-corrected chi connectivity index (χ3v) is 2.70. The highest BCUT2D eigenvalue weighted by molar-refractivity contribution is 6.31. The molecule has 0 amide bonds. The molecule has 86 valence electrons. The summed E-state index contributed by atoms with van der Waals surface area (Å²) in [5.74, 6) is -0.392. The summed E-state index contributed by atoms with van der Waals surface area (Å²) in [5, 5.41) is -1.07. The van der Waals surface area contributed by atoms with E-state index in [2.05, 4.69) is 0 Å². The van der Waals surface area contributed by atoms with E-state index in [4.69, 9.17) is 11.6 Å². The lowest BCUT2D eigenvalue weighted by atomic mass is 9.98. The summed E-state index contributed by atoms with van der Waals surface area (Å²) in [7, 11) is 0. The molecule has 0 spiro atoms. The Hall–Kier alpha value is -1.29. The van der Waals surface area contributed by atoms with Gasteiger partial charge in [0.15, 0.2) is 12.1 Å². The maximum Gasteiger partial charge on any atom is 0.264 e. The van der Waals surface area contributed by atoms with Gasteiger partial charge in [-0.15, -0.1) is 11.6 Å². The molecular weight excluding hydrogens is 238 g/mol. The van der Waals surface area contributed by atoms with E-state index >= 15 is 0 Å². The summed E-state index contributed by atoms with van der Waals surface area (Å²) in [6.45, 7) is 1.24. The smallest absolute Gasteiger partial charge is 0.264 e. The van der Waals surface area contributed by atoms with Gasteiger partial charge in [0.05, 0.1) is 0 Å². The first-order chi connectivity index (χ1) is 7.49. The molecule has 16 heavy (non-hydrogen) atoms. The molecule has 0 heterocycles. The van der Waals surface area contributed by atoms with Crippen molar-refractivity contribution in [3.63, 3.8) is 0 Å². The topological polar surface area (TPSA) is 34.1 Å². The number of Topliss-reactive ketones (excluding diaryl/α,β-unsaturated/α-hetero) is 1. The summed E-state index contributed by atoms with van der Waals surface area (Å²) in [6.07, 6.45) is -2.47. The van der Waals surface area contributed by atoms with E-state index in [0.29, 0.717) is 6.29 Å². The van der Waals surface area contributed by atoms with Crippen LogP contribution in [0.15, 0.2) is 18.2 Å². The quantitative estimate of drug-likeness (QED) is 0.603. The van der Waals surface area contributed by atoms with Crippen molar-refractivity contribution in [3.8, 4) is 0 Å². The van der Waals surface area contributed by atoms with Crippen LogP contribution in [0.3, 0.4) is 0 Å². The van der Waals surface area contributed by atoms with E-state index in [1.165, 1.54) is 19.1 Å². The zero-order valence-electron chi connectivity index (χ0n) is 8.41. The Morgan fingerprint density at radius 1 is 1.38 bits per heavy atom. The van der Waals surface area contributed by atoms with Crippen molar-refractivity contribution in [2.45, 2.75) is 18.7 Å². The Bertz CT molecular complexity index is 418. The molecule has 1 atom stereocenters. The van der Waals surface area contributed by atoms with Gasteiger partial charge >= 0.3 is 0 Å². The first-order valence-electron chi connectivity index (χ1n) is 4.49. The molecule has 2 nitrogen and oxygen atoms in total. The van der Waals surface area contributed by atoms with E-state index in [-0.39, 0.29) is 11.1 Å². The zero-order valence-corrected chi connectivity index (χ0v) is 9.17. The fourth-order valence-electron chi connectivity index (χ4n) is 1.37. The second-order valence-corrected chi connectivity index (χ2v) is 3.68. The number of alkyl halides is 3. The molecule has 0 aliphatic carbocycles. The third-order valence-electron chi connectivity index (χ3n) is 2.16. The number of carbonyl (C=O) groups is 2. The van der Waals surface area contributed by atoms with Gasteiger partial charge in [-0.25, -0.2) is 8.78 Å². The van der Waals surface area contributed by atoms with Crippen molar-refractivity contribution in [1.29, 1.82) is 0 Å². The summed E-state index contributed by atoms with van der Waals surface area (Å²) >= 11 is 5.75. The number of hydrogen-bond donors (Lipinski definition) is 0. The molecule has 1 aromatic rings. The number of ketones is 1. The zero-order chi connectivity index (χ0) is 12.3. The number of carbonyl (C=O) groups excluding carboxylic acids is 2. The Labute approximate surface area is 96.2 Å².